The maximum absolute atomic E-state index is 13.4. The topological polar surface area (TPSA) is 69.6 Å². The summed E-state index contributed by atoms with van der Waals surface area (Å²) < 4.78 is 0. The average molecular weight is 574 g/mol. The van der Waals surface area contributed by atoms with Gasteiger partial charge in [0.05, 0.1) is 12.1 Å². The predicted octanol–water partition coefficient (Wildman–Crippen LogP) is 7.83. The first-order chi connectivity index (χ1) is 20.1. The van der Waals surface area contributed by atoms with Gasteiger partial charge < -0.3 is 15.5 Å². The molecule has 2 fully saturated rings. The summed E-state index contributed by atoms with van der Waals surface area (Å²) in [5.41, 5.74) is 7.59. The molecule has 3 N–H and O–H groups in total. The molecular weight excluding hydrogens is 518 g/mol. The minimum Gasteiger partial charge on any atom is -0.396 e. The summed E-state index contributed by atoms with van der Waals surface area (Å²) in [6.45, 7) is 10.5. The van der Waals surface area contributed by atoms with E-state index in [-0.39, 0.29) is 29.1 Å². The van der Waals surface area contributed by atoms with E-state index in [1.165, 1.54) is 66.3 Å². The lowest BCUT2D eigenvalue weighted by Crippen LogP contribution is -2.42. The van der Waals surface area contributed by atoms with Gasteiger partial charge >= 0.3 is 0 Å². The van der Waals surface area contributed by atoms with Crippen LogP contribution >= 0.6 is 0 Å². The lowest BCUT2D eigenvalue weighted by atomic mass is 9.63. The van der Waals surface area contributed by atoms with Crippen molar-refractivity contribution >= 4 is 5.78 Å². The molecule has 0 aromatic heterocycles. The summed E-state index contributed by atoms with van der Waals surface area (Å²) in [6.07, 6.45) is 11.8. The van der Waals surface area contributed by atoms with Crippen LogP contribution < -0.4 is 5.32 Å². The van der Waals surface area contributed by atoms with E-state index in [1.807, 2.05) is 0 Å². The van der Waals surface area contributed by atoms with Gasteiger partial charge in [-0.25, -0.2) is 0 Å². The molecule has 2 aliphatic carbocycles. The van der Waals surface area contributed by atoms with Crippen LogP contribution in [0.5, 0.6) is 0 Å². The highest BCUT2D eigenvalue weighted by Crippen LogP contribution is 2.47. The number of hydrogen-bond acceptors (Lipinski definition) is 4. The predicted molar refractivity (Wildman–Crippen MR) is 173 cm³/mol. The van der Waals surface area contributed by atoms with Gasteiger partial charge in [0.15, 0.2) is 5.78 Å². The first-order valence-corrected chi connectivity index (χ1v) is 16.9. The number of carbonyl (C=O) groups is 1. The molecule has 3 aliphatic rings. The molecule has 4 nitrogen and oxygen atoms in total. The van der Waals surface area contributed by atoms with Crippen molar-refractivity contribution in [3.8, 4) is 11.1 Å². The number of hydrogen-bond donors (Lipinski definition) is 3. The van der Waals surface area contributed by atoms with E-state index in [0.717, 1.165) is 32.1 Å². The van der Waals surface area contributed by atoms with Crippen molar-refractivity contribution in [1.82, 2.24) is 5.32 Å². The van der Waals surface area contributed by atoms with Crippen LogP contribution in [0.2, 0.25) is 0 Å². The van der Waals surface area contributed by atoms with Crippen molar-refractivity contribution in [3.05, 3.63) is 59.2 Å². The molecule has 42 heavy (non-hydrogen) atoms. The first-order valence-electron chi connectivity index (χ1n) is 16.9. The minimum atomic E-state index is -0.559. The van der Waals surface area contributed by atoms with E-state index in [4.69, 9.17) is 0 Å². The number of Topliss-reactive ketones (excluding diaryl/α,β-unsaturated/α-hetero) is 1. The van der Waals surface area contributed by atoms with Crippen molar-refractivity contribution in [2.75, 3.05) is 13.2 Å². The maximum Gasteiger partial charge on any atom is 0.155 e. The highest BCUT2D eigenvalue weighted by atomic mass is 16.3. The van der Waals surface area contributed by atoms with E-state index in [1.54, 1.807) is 0 Å². The van der Waals surface area contributed by atoms with Crippen molar-refractivity contribution in [3.63, 3.8) is 0 Å². The highest BCUT2D eigenvalue weighted by molar-refractivity contribution is 5.87. The Hall–Kier alpha value is -2.01. The monoisotopic (exact) mass is 573 g/mol. The molecule has 1 heterocycles. The maximum atomic E-state index is 13.4. The second kappa shape index (κ2) is 13.3. The average Bonchev–Trinajstić information content (AvgIpc) is 3.27. The van der Waals surface area contributed by atoms with Crippen LogP contribution in [0.25, 0.3) is 11.1 Å². The largest absolute Gasteiger partial charge is 0.396 e. The third-order valence-corrected chi connectivity index (χ3v) is 11.1. The molecule has 4 heteroatoms. The third kappa shape index (κ3) is 7.03. The summed E-state index contributed by atoms with van der Waals surface area (Å²) in [5, 5.41) is 22.9. The molecule has 230 valence electrons. The van der Waals surface area contributed by atoms with Crippen LogP contribution in [-0.2, 0) is 15.6 Å². The van der Waals surface area contributed by atoms with Crippen LogP contribution in [-0.4, -0.2) is 41.3 Å². The van der Waals surface area contributed by atoms with Gasteiger partial charge in [-0.1, -0.05) is 89.4 Å². The van der Waals surface area contributed by atoms with Gasteiger partial charge in [0, 0.05) is 12.5 Å². The zero-order valence-electron chi connectivity index (χ0n) is 26.6. The Morgan fingerprint density at radius 2 is 1.67 bits per heavy atom. The van der Waals surface area contributed by atoms with Crippen molar-refractivity contribution in [1.29, 1.82) is 0 Å². The lowest BCUT2D eigenvalue weighted by molar-refractivity contribution is -0.127. The number of unbranched alkanes of at least 4 members (excludes halogenated alkanes) is 1. The fraction of sp³-hybridized carbons (Fsp3) is 0.658. The van der Waals surface area contributed by atoms with E-state index in [9.17, 15) is 15.0 Å². The molecule has 5 unspecified atom stereocenters. The van der Waals surface area contributed by atoms with Gasteiger partial charge in [-0.05, 0) is 115 Å². The fourth-order valence-corrected chi connectivity index (χ4v) is 8.20. The molecule has 5 rings (SSSR count). The Kier molecular flexibility index (Phi) is 9.97. The molecule has 1 saturated carbocycles. The number of benzene rings is 2. The van der Waals surface area contributed by atoms with Crippen LogP contribution in [0.3, 0.4) is 0 Å². The van der Waals surface area contributed by atoms with Crippen molar-refractivity contribution in [2.24, 2.45) is 11.8 Å². The molecular formula is C38H55NO3. The summed E-state index contributed by atoms with van der Waals surface area (Å²) in [4.78, 5) is 13.4. The quantitative estimate of drug-likeness (QED) is 0.200. The molecule has 0 spiro atoms. The second-order valence-corrected chi connectivity index (χ2v) is 15.1. The normalized spacial score (nSPS) is 27.7. The molecule has 0 bridgehead atoms. The molecule has 5 atom stereocenters. The number of fused-ring (bicyclic) bond motifs is 1. The van der Waals surface area contributed by atoms with Crippen LogP contribution in [0.15, 0.2) is 42.5 Å². The van der Waals surface area contributed by atoms with E-state index in [0.29, 0.717) is 24.8 Å². The highest BCUT2D eigenvalue weighted by Gasteiger charge is 2.38. The first kappa shape index (κ1) is 31.4. The minimum absolute atomic E-state index is 0.0232. The smallest absolute Gasteiger partial charge is 0.155 e. The third-order valence-electron chi connectivity index (χ3n) is 11.1. The molecule has 0 amide bonds. The number of nitrogens with one attached hydrogen (secondary N) is 1. The lowest BCUT2D eigenvalue weighted by Gasteiger charge is -2.42. The van der Waals surface area contributed by atoms with E-state index < -0.39 is 12.1 Å². The van der Waals surface area contributed by atoms with Gasteiger partial charge in [-0.15, -0.1) is 0 Å². The molecule has 2 aromatic rings. The Labute approximate surface area is 254 Å². The SMILES string of the molecule is CC1(C)CCC(C)(C)c2cc(-c3cccc(C4CCCC(CC(CCCCO)C(=O)C5NCCC5O)CC4)c3)ccc21. The zero-order valence-corrected chi connectivity index (χ0v) is 26.6. The van der Waals surface area contributed by atoms with E-state index >= 15 is 0 Å². The fourth-order valence-electron chi connectivity index (χ4n) is 8.20. The Bertz CT molecular complexity index is 1220. The standard InChI is InChI=1S/C38H55NO3/c1-37(2)19-20-38(3,4)33-25-30(16-17-32(33)37)29-13-8-12-28(24-29)27-11-7-9-26(14-15-27)23-31(10-5-6-22-40)36(42)35-34(41)18-21-39-35/h8,12-13,16-17,24-27,31,34-35,39-41H,5-7,9-11,14-15,18-23H2,1-4H3. The van der Waals surface area contributed by atoms with Gasteiger partial charge in [0.25, 0.3) is 0 Å². The number of ketones is 1. The number of aliphatic hydroxyl groups is 2. The van der Waals surface area contributed by atoms with Crippen molar-refractivity contribution in [2.45, 2.75) is 134 Å². The molecule has 1 saturated heterocycles. The number of carbonyl (C=O) groups excluding carboxylic acids is 1. The van der Waals surface area contributed by atoms with Gasteiger partial charge in [0.2, 0.25) is 0 Å². The Morgan fingerprint density at radius 3 is 2.40 bits per heavy atom. The second-order valence-electron chi connectivity index (χ2n) is 15.1. The van der Waals surface area contributed by atoms with Crippen molar-refractivity contribution < 1.29 is 15.0 Å². The van der Waals surface area contributed by atoms with E-state index in [2.05, 4.69) is 75.5 Å². The zero-order chi connectivity index (χ0) is 29.9. The number of rotatable bonds is 10. The van der Waals surface area contributed by atoms with Crippen LogP contribution in [0, 0.1) is 11.8 Å². The molecule has 2 aromatic carbocycles. The van der Waals surface area contributed by atoms with Gasteiger partial charge in [0.1, 0.15) is 0 Å². The Morgan fingerprint density at radius 1 is 0.905 bits per heavy atom. The molecule has 0 radical (unpaired) electrons. The summed E-state index contributed by atoms with van der Waals surface area (Å²) in [6, 6.07) is 16.1. The molecule has 1 aliphatic heterocycles. The summed E-state index contributed by atoms with van der Waals surface area (Å²) >= 11 is 0. The van der Waals surface area contributed by atoms with Gasteiger partial charge in [-0.3, -0.25) is 4.79 Å². The summed E-state index contributed by atoms with van der Waals surface area (Å²) in [7, 11) is 0. The Balaban J connectivity index is 1.27. The van der Waals surface area contributed by atoms with Gasteiger partial charge in [-0.2, -0.15) is 0 Å². The summed E-state index contributed by atoms with van der Waals surface area (Å²) in [5.74, 6) is 1.28. The van der Waals surface area contributed by atoms with Crippen LogP contribution in [0.4, 0.5) is 0 Å². The van der Waals surface area contributed by atoms with Crippen LogP contribution in [0.1, 0.15) is 127 Å². The number of aliphatic hydroxyl groups excluding tert-OH is 2.